The lowest BCUT2D eigenvalue weighted by atomic mass is 10.0. The zero-order valence-corrected chi connectivity index (χ0v) is 10.2. The molecule has 2 aromatic rings. The Kier molecular flexibility index (Phi) is 3.22. The number of nitrogens with two attached hydrogens (primary N) is 1. The fourth-order valence-electron chi connectivity index (χ4n) is 2.00. The molecule has 0 fully saturated rings. The highest BCUT2D eigenvalue weighted by atomic mass is 15.2. The quantitative estimate of drug-likeness (QED) is 0.481. The molecule has 0 bridgehead atoms. The molecule has 0 aliphatic heterocycles. The number of rotatable bonds is 3. The second kappa shape index (κ2) is 4.65. The van der Waals surface area contributed by atoms with E-state index in [1.807, 2.05) is 25.1 Å². The van der Waals surface area contributed by atoms with Crippen LogP contribution in [0.5, 0.6) is 0 Å². The molecule has 17 heavy (non-hydrogen) atoms. The molecule has 3 heteroatoms. The minimum absolute atomic E-state index is 0.0988. The molecule has 1 heterocycles. The Morgan fingerprint density at radius 3 is 2.76 bits per heavy atom. The Morgan fingerprint density at radius 2 is 2.12 bits per heavy atom. The van der Waals surface area contributed by atoms with E-state index in [0.29, 0.717) is 0 Å². The van der Waals surface area contributed by atoms with E-state index in [4.69, 9.17) is 5.84 Å². The fourth-order valence-corrected chi connectivity index (χ4v) is 2.00. The van der Waals surface area contributed by atoms with E-state index >= 15 is 0 Å². The summed E-state index contributed by atoms with van der Waals surface area (Å²) in [6.07, 6.45) is 0. The zero-order chi connectivity index (χ0) is 12.4. The number of para-hydroxylation sites is 1. The standard InChI is InChI=1S/C14H17N3/c1-9(2)14(17-15)13-8-10(3)11-6-4-5-7-12(11)16-13/h4-8,14,17H,1,15H2,2-3H3. The maximum absolute atomic E-state index is 5.55. The van der Waals surface area contributed by atoms with Crippen molar-refractivity contribution in [3.05, 3.63) is 53.7 Å². The van der Waals surface area contributed by atoms with Gasteiger partial charge >= 0.3 is 0 Å². The molecule has 1 unspecified atom stereocenters. The Balaban J connectivity index is 2.60. The summed E-state index contributed by atoms with van der Waals surface area (Å²) < 4.78 is 0. The van der Waals surface area contributed by atoms with Crippen LogP contribution in [0.2, 0.25) is 0 Å². The van der Waals surface area contributed by atoms with Crippen molar-refractivity contribution in [2.24, 2.45) is 5.84 Å². The van der Waals surface area contributed by atoms with Gasteiger partial charge in [-0.3, -0.25) is 10.8 Å². The van der Waals surface area contributed by atoms with E-state index < -0.39 is 0 Å². The van der Waals surface area contributed by atoms with Crippen LogP contribution in [-0.4, -0.2) is 4.98 Å². The highest BCUT2D eigenvalue weighted by Gasteiger charge is 2.13. The molecule has 0 saturated heterocycles. The number of nitrogens with zero attached hydrogens (tertiary/aromatic N) is 1. The molecule has 88 valence electrons. The number of hydrogen-bond donors (Lipinski definition) is 2. The molecule has 1 aromatic heterocycles. The zero-order valence-electron chi connectivity index (χ0n) is 10.2. The van der Waals surface area contributed by atoms with Gasteiger partial charge in [0.05, 0.1) is 17.3 Å². The highest BCUT2D eigenvalue weighted by molar-refractivity contribution is 5.82. The third-order valence-corrected chi connectivity index (χ3v) is 2.90. The number of fused-ring (bicyclic) bond motifs is 1. The van der Waals surface area contributed by atoms with Crippen molar-refractivity contribution in [1.29, 1.82) is 0 Å². The Bertz CT molecular complexity index is 560. The van der Waals surface area contributed by atoms with Crippen molar-refractivity contribution in [2.45, 2.75) is 19.9 Å². The molecule has 0 aliphatic rings. The number of hydrogen-bond acceptors (Lipinski definition) is 3. The number of aromatic nitrogens is 1. The molecule has 0 saturated carbocycles. The van der Waals surface area contributed by atoms with Gasteiger partial charge in [-0.2, -0.15) is 0 Å². The summed E-state index contributed by atoms with van der Waals surface area (Å²) in [7, 11) is 0. The third kappa shape index (κ3) is 2.20. The van der Waals surface area contributed by atoms with Crippen molar-refractivity contribution in [2.75, 3.05) is 0 Å². The highest BCUT2D eigenvalue weighted by Crippen LogP contribution is 2.23. The van der Waals surface area contributed by atoms with Crippen molar-refractivity contribution in [1.82, 2.24) is 10.4 Å². The molecular weight excluding hydrogens is 210 g/mol. The number of pyridine rings is 1. The van der Waals surface area contributed by atoms with Crippen molar-refractivity contribution < 1.29 is 0 Å². The number of nitrogens with one attached hydrogen (secondary N) is 1. The number of hydrazine groups is 1. The van der Waals surface area contributed by atoms with E-state index in [9.17, 15) is 0 Å². The van der Waals surface area contributed by atoms with Crippen LogP contribution in [0.15, 0.2) is 42.5 Å². The summed E-state index contributed by atoms with van der Waals surface area (Å²) in [5.74, 6) is 5.55. The average molecular weight is 227 g/mol. The molecule has 0 spiro atoms. The lowest BCUT2D eigenvalue weighted by Gasteiger charge is -2.16. The van der Waals surface area contributed by atoms with Crippen molar-refractivity contribution in [3.63, 3.8) is 0 Å². The molecule has 0 aliphatic carbocycles. The maximum atomic E-state index is 5.55. The van der Waals surface area contributed by atoms with Gasteiger partial charge in [0.1, 0.15) is 0 Å². The minimum atomic E-state index is -0.0988. The predicted molar refractivity (Wildman–Crippen MR) is 71.4 cm³/mol. The summed E-state index contributed by atoms with van der Waals surface area (Å²) in [6.45, 7) is 7.95. The lowest BCUT2D eigenvalue weighted by molar-refractivity contribution is 0.613. The van der Waals surface area contributed by atoms with E-state index in [1.54, 1.807) is 0 Å². The monoisotopic (exact) mass is 227 g/mol. The number of benzene rings is 1. The van der Waals surface area contributed by atoms with Crippen LogP contribution >= 0.6 is 0 Å². The van der Waals surface area contributed by atoms with Crippen LogP contribution < -0.4 is 11.3 Å². The van der Waals surface area contributed by atoms with Gasteiger partial charge in [0, 0.05) is 5.39 Å². The van der Waals surface area contributed by atoms with E-state index in [0.717, 1.165) is 16.8 Å². The topological polar surface area (TPSA) is 50.9 Å². The van der Waals surface area contributed by atoms with Gasteiger partial charge in [-0.25, -0.2) is 5.43 Å². The first-order valence-corrected chi connectivity index (χ1v) is 5.61. The fraction of sp³-hybridized carbons (Fsp3) is 0.214. The molecule has 0 amide bonds. The van der Waals surface area contributed by atoms with E-state index in [-0.39, 0.29) is 6.04 Å². The SMILES string of the molecule is C=C(C)C(NN)c1cc(C)c2ccccc2n1. The first kappa shape index (κ1) is 11.8. The van der Waals surface area contributed by atoms with Gasteiger partial charge < -0.3 is 0 Å². The minimum Gasteiger partial charge on any atom is -0.271 e. The first-order valence-electron chi connectivity index (χ1n) is 5.61. The van der Waals surface area contributed by atoms with Crippen molar-refractivity contribution in [3.8, 4) is 0 Å². The number of aryl methyl sites for hydroxylation is 1. The average Bonchev–Trinajstić information content (AvgIpc) is 2.29. The van der Waals surface area contributed by atoms with Gasteiger partial charge in [-0.05, 0) is 31.5 Å². The Labute approximate surface area is 101 Å². The van der Waals surface area contributed by atoms with Crippen LogP contribution in [-0.2, 0) is 0 Å². The van der Waals surface area contributed by atoms with E-state index in [2.05, 4.69) is 36.0 Å². The Morgan fingerprint density at radius 1 is 1.41 bits per heavy atom. The van der Waals surface area contributed by atoms with Gasteiger partial charge in [-0.1, -0.05) is 30.4 Å². The van der Waals surface area contributed by atoms with Crippen LogP contribution in [0.3, 0.4) is 0 Å². The van der Waals surface area contributed by atoms with E-state index in [1.165, 1.54) is 10.9 Å². The van der Waals surface area contributed by atoms with Crippen LogP contribution in [0.1, 0.15) is 24.2 Å². The van der Waals surface area contributed by atoms with Gasteiger partial charge in [0.15, 0.2) is 0 Å². The summed E-state index contributed by atoms with van der Waals surface area (Å²) >= 11 is 0. The largest absolute Gasteiger partial charge is 0.271 e. The normalized spacial score (nSPS) is 12.6. The molecule has 3 nitrogen and oxygen atoms in total. The predicted octanol–water partition coefficient (Wildman–Crippen LogP) is 2.62. The first-order chi connectivity index (χ1) is 8.13. The third-order valence-electron chi connectivity index (χ3n) is 2.90. The van der Waals surface area contributed by atoms with Crippen molar-refractivity contribution >= 4 is 10.9 Å². The summed E-state index contributed by atoms with van der Waals surface area (Å²) in [5.41, 5.74) is 6.81. The molecule has 2 rings (SSSR count). The summed E-state index contributed by atoms with van der Waals surface area (Å²) in [4.78, 5) is 4.63. The van der Waals surface area contributed by atoms with Gasteiger partial charge in [0.2, 0.25) is 0 Å². The summed E-state index contributed by atoms with van der Waals surface area (Å²) in [5, 5.41) is 1.17. The lowest BCUT2D eigenvalue weighted by Crippen LogP contribution is -2.29. The maximum Gasteiger partial charge on any atom is 0.0836 e. The summed E-state index contributed by atoms with van der Waals surface area (Å²) in [6, 6.07) is 10.1. The van der Waals surface area contributed by atoms with Gasteiger partial charge in [0.25, 0.3) is 0 Å². The second-order valence-corrected chi connectivity index (χ2v) is 4.33. The molecule has 3 N–H and O–H groups in total. The van der Waals surface area contributed by atoms with Crippen LogP contribution in [0.25, 0.3) is 10.9 Å². The molecule has 1 atom stereocenters. The molecular formula is C14H17N3. The second-order valence-electron chi connectivity index (χ2n) is 4.33. The molecule has 1 aromatic carbocycles. The smallest absolute Gasteiger partial charge is 0.0836 e. The van der Waals surface area contributed by atoms with Crippen LogP contribution in [0, 0.1) is 6.92 Å². The van der Waals surface area contributed by atoms with Gasteiger partial charge in [-0.15, -0.1) is 0 Å². The Hall–Kier alpha value is -1.71. The molecule has 0 radical (unpaired) electrons. The van der Waals surface area contributed by atoms with Crippen LogP contribution in [0.4, 0.5) is 0 Å².